The molecule has 68 valence electrons. The minimum Gasteiger partial charge on any atom is -0.299 e. The van der Waals surface area contributed by atoms with Crippen molar-refractivity contribution in [3.05, 3.63) is 12.2 Å². The summed E-state index contributed by atoms with van der Waals surface area (Å²) in [4.78, 5) is 11.4. The van der Waals surface area contributed by atoms with Crippen molar-refractivity contribution in [1.82, 2.24) is 0 Å². The summed E-state index contributed by atoms with van der Waals surface area (Å²) < 4.78 is 0. The lowest BCUT2D eigenvalue weighted by Crippen LogP contribution is -2.17. The molecule has 0 radical (unpaired) electrons. The maximum absolute atomic E-state index is 11.4. The van der Waals surface area contributed by atoms with Crippen LogP contribution in [0.1, 0.15) is 45.4 Å². The van der Waals surface area contributed by atoms with Crippen LogP contribution in [0.4, 0.5) is 0 Å². The summed E-state index contributed by atoms with van der Waals surface area (Å²) in [6.45, 7) is 2.12. The molecule has 1 unspecified atom stereocenters. The SMILES string of the molecule is CC/C=C\CC1CCCCC1=O. The number of allylic oxidation sites excluding steroid dienone is 2. The summed E-state index contributed by atoms with van der Waals surface area (Å²) in [5.74, 6) is 0.837. The molecule has 0 aromatic carbocycles. The predicted molar refractivity (Wildman–Crippen MR) is 51.0 cm³/mol. The van der Waals surface area contributed by atoms with Crippen LogP contribution in [0.15, 0.2) is 12.2 Å². The Bertz CT molecular complexity index is 170. The van der Waals surface area contributed by atoms with E-state index >= 15 is 0 Å². The fraction of sp³-hybridized carbons (Fsp3) is 0.727. The van der Waals surface area contributed by atoms with Gasteiger partial charge in [-0.05, 0) is 25.7 Å². The number of carbonyl (C=O) groups excluding carboxylic acids is 1. The molecule has 0 heterocycles. The summed E-state index contributed by atoms with van der Waals surface area (Å²) in [7, 11) is 0. The summed E-state index contributed by atoms with van der Waals surface area (Å²) >= 11 is 0. The Balaban J connectivity index is 2.29. The highest BCUT2D eigenvalue weighted by Gasteiger charge is 2.20. The van der Waals surface area contributed by atoms with Crippen molar-refractivity contribution in [3.8, 4) is 0 Å². The number of Topliss-reactive ketones (excluding diaryl/α,β-unsaturated/α-hetero) is 1. The summed E-state index contributed by atoms with van der Waals surface area (Å²) in [6, 6.07) is 0. The molecule has 0 bridgehead atoms. The number of ketones is 1. The second kappa shape index (κ2) is 5.13. The first kappa shape index (κ1) is 9.50. The molecule has 1 heteroatoms. The van der Waals surface area contributed by atoms with E-state index in [0.29, 0.717) is 11.7 Å². The highest BCUT2D eigenvalue weighted by Crippen LogP contribution is 2.23. The van der Waals surface area contributed by atoms with Crippen LogP contribution in [0.2, 0.25) is 0 Å². The minimum atomic E-state index is 0.349. The lowest BCUT2D eigenvalue weighted by molar-refractivity contribution is -0.124. The van der Waals surface area contributed by atoms with E-state index in [9.17, 15) is 4.79 Å². The van der Waals surface area contributed by atoms with Crippen LogP contribution in [0.25, 0.3) is 0 Å². The average molecular weight is 166 g/mol. The Labute approximate surface area is 74.9 Å². The van der Waals surface area contributed by atoms with E-state index in [0.717, 1.165) is 32.1 Å². The van der Waals surface area contributed by atoms with Gasteiger partial charge in [-0.2, -0.15) is 0 Å². The quantitative estimate of drug-likeness (QED) is 0.589. The summed E-state index contributed by atoms with van der Waals surface area (Å²) in [6.07, 6.45) is 10.7. The van der Waals surface area contributed by atoms with E-state index in [1.165, 1.54) is 6.42 Å². The summed E-state index contributed by atoms with van der Waals surface area (Å²) in [5, 5.41) is 0. The Morgan fingerprint density at radius 1 is 1.42 bits per heavy atom. The van der Waals surface area contributed by atoms with Gasteiger partial charge in [0.1, 0.15) is 5.78 Å². The second-order valence-corrected chi connectivity index (χ2v) is 3.52. The van der Waals surface area contributed by atoms with Gasteiger partial charge >= 0.3 is 0 Å². The Hall–Kier alpha value is -0.590. The lowest BCUT2D eigenvalue weighted by Gasteiger charge is -2.18. The molecule has 0 amide bonds. The van der Waals surface area contributed by atoms with Crippen molar-refractivity contribution in [2.75, 3.05) is 0 Å². The fourth-order valence-corrected chi connectivity index (χ4v) is 1.73. The van der Waals surface area contributed by atoms with Crippen molar-refractivity contribution in [2.24, 2.45) is 5.92 Å². The monoisotopic (exact) mass is 166 g/mol. The molecule has 0 saturated heterocycles. The molecule has 12 heavy (non-hydrogen) atoms. The largest absolute Gasteiger partial charge is 0.299 e. The Morgan fingerprint density at radius 3 is 2.92 bits per heavy atom. The van der Waals surface area contributed by atoms with Gasteiger partial charge in [-0.25, -0.2) is 0 Å². The zero-order valence-corrected chi connectivity index (χ0v) is 7.88. The average Bonchev–Trinajstić information content (AvgIpc) is 2.09. The molecule has 1 aliphatic rings. The highest BCUT2D eigenvalue weighted by molar-refractivity contribution is 5.81. The van der Waals surface area contributed by atoms with Crippen LogP contribution in [0, 0.1) is 5.92 Å². The fourth-order valence-electron chi connectivity index (χ4n) is 1.73. The molecule has 0 aromatic rings. The van der Waals surface area contributed by atoms with E-state index in [1.54, 1.807) is 0 Å². The standard InChI is InChI=1S/C11H18O/c1-2-3-4-7-10-8-5-6-9-11(10)12/h3-4,10H,2,5-9H2,1H3/b4-3-. The first-order valence-electron chi connectivity index (χ1n) is 5.02. The van der Waals surface area contributed by atoms with Crippen LogP contribution in [0.5, 0.6) is 0 Å². The first-order chi connectivity index (χ1) is 5.84. The van der Waals surface area contributed by atoms with E-state index < -0.39 is 0 Å². The van der Waals surface area contributed by atoms with Crippen molar-refractivity contribution in [3.63, 3.8) is 0 Å². The third kappa shape index (κ3) is 2.80. The van der Waals surface area contributed by atoms with E-state index in [-0.39, 0.29) is 0 Å². The van der Waals surface area contributed by atoms with Gasteiger partial charge in [-0.3, -0.25) is 4.79 Å². The van der Waals surface area contributed by atoms with Crippen LogP contribution in [0.3, 0.4) is 0 Å². The van der Waals surface area contributed by atoms with Gasteiger partial charge in [0.25, 0.3) is 0 Å². The zero-order chi connectivity index (χ0) is 8.81. The molecular weight excluding hydrogens is 148 g/mol. The molecule has 1 aliphatic carbocycles. The van der Waals surface area contributed by atoms with Crippen LogP contribution in [-0.4, -0.2) is 5.78 Å². The molecule has 1 saturated carbocycles. The number of hydrogen-bond acceptors (Lipinski definition) is 1. The third-order valence-corrected chi connectivity index (χ3v) is 2.50. The molecule has 0 aliphatic heterocycles. The maximum Gasteiger partial charge on any atom is 0.136 e. The number of hydrogen-bond donors (Lipinski definition) is 0. The molecule has 0 aromatic heterocycles. The van der Waals surface area contributed by atoms with Crippen molar-refractivity contribution in [1.29, 1.82) is 0 Å². The summed E-state index contributed by atoms with van der Waals surface area (Å²) in [5.41, 5.74) is 0. The third-order valence-electron chi connectivity index (χ3n) is 2.50. The topological polar surface area (TPSA) is 17.1 Å². The van der Waals surface area contributed by atoms with Crippen LogP contribution < -0.4 is 0 Å². The zero-order valence-electron chi connectivity index (χ0n) is 7.88. The van der Waals surface area contributed by atoms with Gasteiger partial charge in [0, 0.05) is 12.3 Å². The first-order valence-corrected chi connectivity index (χ1v) is 5.02. The van der Waals surface area contributed by atoms with E-state index in [4.69, 9.17) is 0 Å². The van der Waals surface area contributed by atoms with Gasteiger partial charge in [0.05, 0.1) is 0 Å². The number of rotatable bonds is 3. The molecule has 0 N–H and O–H groups in total. The molecule has 1 atom stereocenters. The van der Waals surface area contributed by atoms with Gasteiger partial charge in [-0.15, -0.1) is 0 Å². The molecule has 1 rings (SSSR count). The molecule has 1 fully saturated rings. The normalized spacial score (nSPS) is 25.1. The van der Waals surface area contributed by atoms with Crippen LogP contribution >= 0.6 is 0 Å². The minimum absolute atomic E-state index is 0.349. The van der Waals surface area contributed by atoms with Gasteiger partial charge in [-0.1, -0.05) is 25.5 Å². The highest BCUT2D eigenvalue weighted by atomic mass is 16.1. The Kier molecular flexibility index (Phi) is 4.06. The van der Waals surface area contributed by atoms with Gasteiger partial charge in [0.15, 0.2) is 0 Å². The maximum atomic E-state index is 11.4. The molecular formula is C11H18O. The molecule has 0 spiro atoms. The second-order valence-electron chi connectivity index (χ2n) is 3.52. The van der Waals surface area contributed by atoms with Gasteiger partial charge < -0.3 is 0 Å². The number of carbonyl (C=O) groups is 1. The van der Waals surface area contributed by atoms with Crippen LogP contribution in [-0.2, 0) is 4.79 Å². The van der Waals surface area contributed by atoms with Crippen molar-refractivity contribution < 1.29 is 4.79 Å². The Morgan fingerprint density at radius 2 is 2.25 bits per heavy atom. The predicted octanol–water partition coefficient (Wildman–Crippen LogP) is 3.10. The molecule has 1 nitrogen and oxygen atoms in total. The van der Waals surface area contributed by atoms with Crippen molar-refractivity contribution >= 4 is 5.78 Å². The smallest absolute Gasteiger partial charge is 0.136 e. The van der Waals surface area contributed by atoms with Crippen molar-refractivity contribution in [2.45, 2.75) is 45.4 Å². The van der Waals surface area contributed by atoms with Gasteiger partial charge in [0.2, 0.25) is 0 Å². The van der Waals surface area contributed by atoms with E-state index in [2.05, 4.69) is 19.1 Å². The van der Waals surface area contributed by atoms with E-state index in [1.807, 2.05) is 0 Å². The lowest BCUT2D eigenvalue weighted by atomic mass is 9.86.